The van der Waals surface area contributed by atoms with Crippen LogP contribution in [0, 0.1) is 5.82 Å². The normalized spacial score (nSPS) is 16.0. The summed E-state index contributed by atoms with van der Waals surface area (Å²) in [5.74, 6) is -1.11. The third-order valence-corrected chi connectivity index (χ3v) is 5.48. The molecule has 0 spiro atoms. The minimum Gasteiger partial charge on any atom is -0.450 e. The lowest BCUT2D eigenvalue weighted by atomic mass is 9.98. The number of carbonyl (C=O) groups excluding carboxylic acids is 1. The Morgan fingerprint density at radius 2 is 2.04 bits per heavy atom. The zero-order valence-electron chi connectivity index (χ0n) is 13.9. The highest BCUT2D eigenvalue weighted by atomic mass is 35.5. The molecule has 3 heterocycles. The summed E-state index contributed by atoms with van der Waals surface area (Å²) < 4.78 is 19.7. The Morgan fingerprint density at radius 1 is 1.18 bits per heavy atom. The molecule has 0 N–H and O–H groups in total. The molecule has 0 radical (unpaired) electrons. The summed E-state index contributed by atoms with van der Waals surface area (Å²) in [4.78, 5) is 27.7. The number of rotatable bonds is 2. The number of fused-ring (bicyclic) bond motifs is 2. The molecule has 1 atom stereocenters. The van der Waals surface area contributed by atoms with E-state index in [9.17, 15) is 14.0 Å². The molecule has 28 heavy (non-hydrogen) atoms. The predicted octanol–water partition coefficient (Wildman–Crippen LogP) is 4.19. The average molecular weight is 414 g/mol. The van der Waals surface area contributed by atoms with E-state index in [1.165, 1.54) is 40.7 Å². The van der Waals surface area contributed by atoms with E-state index in [-0.39, 0.29) is 27.4 Å². The van der Waals surface area contributed by atoms with Gasteiger partial charge >= 0.3 is 0 Å². The van der Waals surface area contributed by atoms with E-state index in [0.29, 0.717) is 10.6 Å². The summed E-state index contributed by atoms with van der Waals surface area (Å²) in [6.07, 6.45) is 0. The van der Waals surface area contributed by atoms with Gasteiger partial charge in [-0.25, -0.2) is 4.39 Å². The van der Waals surface area contributed by atoms with Crippen molar-refractivity contribution in [1.82, 2.24) is 10.2 Å². The van der Waals surface area contributed by atoms with Gasteiger partial charge in [-0.3, -0.25) is 14.5 Å². The number of halogens is 2. The van der Waals surface area contributed by atoms with E-state index >= 15 is 0 Å². The first kappa shape index (κ1) is 17.0. The van der Waals surface area contributed by atoms with E-state index in [1.807, 2.05) is 0 Å². The summed E-state index contributed by atoms with van der Waals surface area (Å²) in [5, 5.41) is 8.63. The quantitative estimate of drug-likeness (QED) is 0.492. The molecule has 0 fully saturated rings. The van der Waals surface area contributed by atoms with Crippen LogP contribution in [0.2, 0.25) is 5.02 Å². The molecule has 1 aliphatic heterocycles. The van der Waals surface area contributed by atoms with E-state index < -0.39 is 23.2 Å². The largest absolute Gasteiger partial charge is 0.450 e. The Morgan fingerprint density at radius 3 is 2.79 bits per heavy atom. The zero-order valence-corrected chi connectivity index (χ0v) is 15.5. The molecule has 0 aliphatic carbocycles. The SMILES string of the molecule is O=C1c2oc3ccc(Cl)cc3c(=O)c2[C@@H](c2cccc(F)c2)N1c1nncs1. The van der Waals surface area contributed by atoms with Gasteiger partial charge in [0.1, 0.15) is 16.9 Å². The van der Waals surface area contributed by atoms with Crippen LogP contribution in [-0.4, -0.2) is 16.1 Å². The van der Waals surface area contributed by atoms with Crippen molar-refractivity contribution in [2.75, 3.05) is 4.90 Å². The summed E-state index contributed by atoms with van der Waals surface area (Å²) >= 11 is 7.16. The monoisotopic (exact) mass is 413 g/mol. The fourth-order valence-electron chi connectivity index (χ4n) is 3.41. The molecule has 5 rings (SSSR count). The van der Waals surface area contributed by atoms with Gasteiger partial charge in [-0.1, -0.05) is 35.1 Å². The number of hydrogen-bond acceptors (Lipinski definition) is 6. The van der Waals surface area contributed by atoms with Gasteiger partial charge in [0.15, 0.2) is 5.43 Å². The molecule has 6 nitrogen and oxygen atoms in total. The molecule has 0 bridgehead atoms. The number of anilines is 1. The van der Waals surface area contributed by atoms with Gasteiger partial charge in [0.05, 0.1) is 17.0 Å². The Labute approximate surface area is 165 Å². The number of carbonyl (C=O) groups is 1. The first-order chi connectivity index (χ1) is 13.5. The lowest BCUT2D eigenvalue weighted by Crippen LogP contribution is -2.29. The Bertz CT molecular complexity index is 1310. The number of hydrogen-bond donors (Lipinski definition) is 0. The summed E-state index contributed by atoms with van der Waals surface area (Å²) in [5.41, 5.74) is 1.88. The van der Waals surface area contributed by atoms with Crippen LogP contribution in [0.5, 0.6) is 0 Å². The van der Waals surface area contributed by atoms with Crippen LogP contribution in [0.25, 0.3) is 11.0 Å². The smallest absolute Gasteiger partial charge is 0.297 e. The number of benzene rings is 2. The van der Waals surface area contributed by atoms with Gasteiger partial charge in [0, 0.05) is 5.02 Å². The van der Waals surface area contributed by atoms with Crippen LogP contribution in [0.4, 0.5) is 9.52 Å². The molecule has 1 aliphatic rings. The maximum absolute atomic E-state index is 13.9. The molecule has 0 saturated carbocycles. The van der Waals surface area contributed by atoms with E-state index in [0.717, 1.165) is 11.3 Å². The third kappa shape index (κ3) is 2.45. The van der Waals surface area contributed by atoms with Crippen molar-refractivity contribution in [1.29, 1.82) is 0 Å². The number of amides is 1. The van der Waals surface area contributed by atoms with Crippen molar-refractivity contribution >= 4 is 44.9 Å². The summed E-state index contributed by atoms with van der Waals surface area (Å²) in [7, 11) is 0. The van der Waals surface area contributed by atoms with Gasteiger partial charge < -0.3 is 4.42 Å². The fourth-order valence-corrected chi connectivity index (χ4v) is 4.16. The molecule has 138 valence electrons. The number of nitrogens with zero attached hydrogens (tertiary/aromatic N) is 3. The molecular formula is C19H9ClFN3O3S. The van der Waals surface area contributed by atoms with Crippen LogP contribution in [0.15, 0.2) is 57.2 Å². The van der Waals surface area contributed by atoms with Gasteiger partial charge in [0.2, 0.25) is 10.9 Å². The van der Waals surface area contributed by atoms with E-state index in [1.54, 1.807) is 12.1 Å². The third-order valence-electron chi connectivity index (χ3n) is 4.55. The summed E-state index contributed by atoms with van der Waals surface area (Å²) in [6, 6.07) is 9.45. The van der Waals surface area contributed by atoms with Crippen LogP contribution in [0.3, 0.4) is 0 Å². The van der Waals surface area contributed by atoms with Crippen LogP contribution in [-0.2, 0) is 0 Å². The average Bonchev–Trinajstić information content (AvgIpc) is 3.29. The zero-order chi connectivity index (χ0) is 19.4. The second-order valence-electron chi connectivity index (χ2n) is 6.17. The van der Waals surface area contributed by atoms with Crippen molar-refractivity contribution < 1.29 is 13.6 Å². The highest BCUT2D eigenvalue weighted by Crippen LogP contribution is 2.41. The van der Waals surface area contributed by atoms with Gasteiger partial charge in [0.25, 0.3) is 5.91 Å². The van der Waals surface area contributed by atoms with Crippen LogP contribution in [0.1, 0.15) is 27.7 Å². The Hall–Kier alpha value is -3.10. The van der Waals surface area contributed by atoms with Crippen LogP contribution >= 0.6 is 22.9 Å². The van der Waals surface area contributed by atoms with Crippen molar-refractivity contribution in [3.8, 4) is 0 Å². The molecule has 1 amide bonds. The van der Waals surface area contributed by atoms with Gasteiger partial charge in [-0.2, -0.15) is 0 Å². The van der Waals surface area contributed by atoms with Gasteiger partial charge in [-0.15, -0.1) is 10.2 Å². The second kappa shape index (κ2) is 6.22. The molecule has 9 heteroatoms. The first-order valence-corrected chi connectivity index (χ1v) is 9.42. The molecule has 2 aromatic heterocycles. The maximum atomic E-state index is 13.9. The predicted molar refractivity (Wildman–Crippen MR) is 102 cm³/mol. The minimum absolute atomic E-state index is 0.0933. The highest BCUT2D eigenvalue weighted by molar-refractivity contribution is 7.13. The van der Waals surface area contributed by atoms with E-state index in [2.05, 4.69) is 10.2 Å². The minimum atomic E-state index is -0.884. The topological polar surface area (TPSA) is 76.3 Å². The van der Waals surface area contributed by atoms with Crippen LogP contribution < -0.4 is 10.3 Å². The lowest BCUT2D eigenvalue weighted by molar-refractivity contribution is 0.0970. The molecule has 0 saturated heterocycles. The lowest BCUT2D eigenvalue weighted by Gasteiger charge is -2.22. The van der Waals surface area contributed by atoms with Crippen molar-refractivity contribution in [2.24, 2.45) is 0 Å². The molecule has 2 aromatic carbocycles. The Kier molecular flexibility index (Phi) is 3.78. The van der Waals surface area contributed by atoms with Gasteiger partial charge in [-0.05, 0) is 35.9 Å². The van der Waals surface area contributed by atoms with Crippen molar-refractivity contribution in [2.45, 2.75) is 6.04 Å². The standard InChI is InChI=1S/C19H9ClFN3O3S/c20-10-4-5-13-12(7-10)16(25)14-15(9-2-1-3-11(21)6-9)24(18(26)17(14)27-13)19-23-22-8-28-19/h1-8,15H/t15-/m1/s1. The Balaban J connectivity index is 1.85. The molecule has 0 unspecified atom stereocenters. The molecule has 4 aromatic rings. The van der Waals surface area contributed by atoms with E-state index in [4.69, 9.17) is 16.0 Å². The van der Waals surface area contributed by atoms with Crippen molar-refractivity contribution in [3.05, 3.63) is 85.9 Å². The molecular weight excluding hydrogens is 405 g/mol. The number of aromatic nitrogens is 2. The second-order valence-corrected chi connectivity index (χ2v) is 7.42. The fraction of sp³-hybridized carbons (Fsp3) is 0.0526. The summed E-state index contributed by atoms with van der Waals surface area (Å²) in [6.45, 7) is 0. The maximum Gasteiger partial charge on any atom is 0.297 e. The van der Waals surface area contributed by atoms with Crippen molar-refractivity contribution in [3.63, 3.8) is 0 Å². The highest BCUT2D eigenvalue weighted by Gasteiger charge is 2.45. The first-order valence-electron chi connectivity index (χ1n) is 8.16.